The fraction of sp³-hybridized carbons (Fsp3) is 0.458. The Balaban J connectivity index is 1.53. The molecular weight excluding hydrogens is 337 g/mol. The fourth-order valence-electron chi connectivity index (χ4n) is 5.18. The zero-order valence-corrected chi connectivity index (χ0v) is 16.2. The molecular formula is C24H28FNO. The van der Waals surface area contributed by atoms with Gasteiger partial charge in [0.2, 0.25) is 0 Å². The Bertz CT molecular complexity index is 815. The smallest absolute Gasteiger partial charge is 0.123 e. The molecule has 1 aromatic heterocycles. The van der Waals surface area contributed by atoms with Crippen molar-refractivity contribution in [1.29, 1.82) is 0 Å². The minimum Gasteiger partial charge on any atom is -0.378 e. The number of nitrogens with zero attached hydrogens (tertiary/aromatic N) is 1. The summed E-state index contributed by atoms with van der Waals surface area (Å²) in [6.07, 6.45) is 12.8. The molecule has 0 N–H and O–H groups in total. The molecule has 0 radical (unpaired) electrons. The van der Waals surface area contributed by atoms with Gasteiger partial charge in [0.15, 0.2) is 0 Å². The highest BCUT2D eigenvalue weighted by Crippen LogP contribution is 2.52. The minimum absolute atomic E-state index is 0.0717. The summed E-state index contributed by atoms with van der Waals surface area (Å²) in [5.41, 5.74) is 2.65. The maximum Gasteiger partial charge on any atom is 0.123 e. The van der Waals surface area contributed by atoms with Crippen LogP contribution in [0.2, 0.25) is 0 Å². The molecule has 4 atom stereocenters. The number of hydrogen-bond acceptors (Lipinski definition) is 2. The fourth-order valence-corrected chi connectivity index (χ4v) is 5.18. The molecule has 0 unspecified atom stereocenters. The van der Waals surface area contributed by atoms with E-state index in [-0.39, 0.29) is 11.4 Å². The second-order valence-corrected chi connectivity index (χ2v) is 8.30. The van der Waals surface area contributed by atoms with Crippen molar-refractivity contribution in [1.82, 2.24) is 4.98 Å². The molecule has 0 spiro atoms. The van der Waals surface area contributed by atoms with Gasteiger partial charge in [-0.2, -0.15) is 0 Å². The summed E-state index contributed by atoms with van der Waals surface area (Å²) in [7, 11) is 1.85. The third kappa shape index (κ3) is 3.70. The molecule has 0 bridgehead atoms. The van der Waals surface area contributed by atoms with Crippen LogP contribution in [-0.4, -0.2) is 17.7 Å². The van der Waals surface area contributed by atoms with Crippen molar-refractivity contribution in [3.05, 3.63) is 60.2 Å². The first-order chi connectivity index (χ1) is 13.1. The van der Waals surface area contributed by atoms with Crippen LogP contribution in [0.3, 0.4) is 0 Å². The molecule has 0 aliphatic heterocycles. The SMILES string of the molecule is CO[C@@]1(C)C[C@H]2CCCC[C@H]2[C@@H]1C=Cc1ccc(-c2cccc(F)c2)cn1. The average Bonchev–Trinajstić information content (AvgIpc) is 2.99. The van der Waals surface area contributed by atoms with E-state index in [2.05, 4.69) is 24.1 Å². The van der Waals surface area contributed by atoms with Crippen LogP contribution in [-0.2, 0) is 4.74 Å². The predicted molar refractivity (Wildman–Crippen MR) is 108 cm³/mol. The lowest BCUT2D eigenvalue weighted by Gasteiger charge is -2.32. The quantitative estimate of drug-likeness (QED) is 0.650. The van der Waals surface area contributed by atoms with E-state index in [1.807, 2.05) is 31.5 Å². The molecule has 2 nitrogen and oxygen atoms in total. The van der Waals surface area contributed by atoms with Gasteiger partial charge in [-0.25, -0.2) is 4.39 Å². The maximum absolute atomic E-state index is 13.4. The zero-order chi connectivity index (χ0) is 18.9. The highest BCUT2D eigenvalue weighted by atomic mass is 19.1. The lowest BCUT2D eigenvalue weighted by atomic mass is 9.77. The second-order valence-electron chi connectivity index (χ2n) is 8.30. The molecule has 1 heterocycles. The van der Waals surface area contributed by atoms with Crippen molar-refractivity contribution in [2.45, 2.75) is 44.6 Å². The van der Waals surface area contributed by atoms with Gasteiger partial charge in [-0.05, 0) is 61.4 Å². The van der Waals surface area contributed by atoms with Crippen molar-refractivity contribution in [2.75, 3.05) is 7.11 Å². The van der Waals surface area contributed by atoms with Crippen LogP contribution in [0.15, 0.2) is 48.7 Å². The number of benzene rings is 1. The molecule has 4 rings (SSSR count). The van der Waals surface area contributed by atoms with E-state index in [1.165, 1.54) is 37.8 Å². The van der Waals surface area contributed by atoms with Gasteiger partial charge >= 0.3 is 0 Å². The first-order valence-corrected chi connectivity index (χ1v) is 10.0. The van der Waals surface area contributed by atoms with E-state index in [4.69, 9.17) is 4.74 Å². The molecule has 0 saturated heterocycles. The summed E-state index contributed by atoms with van der Waals surface area (Å²) < 4.78 is 19.4. The normalized spacial score (nSPS) is 30.6. The largest absolute Gasteiger partial charge is 0.378 e. The summed E-state index contributed by atoms with van der Waals surface area (Å²) in [6.45, 7) is 2.26. The third-order valence-electron chi connectivity index (χ3n) is 6.69. The van der Waals surface area contributed by atoms with Crippen LogP contribution >= 0.6 is 0 Å². The molecule has 1 aromatic carbocycles. The van der Waals surface area contributed by atoms with Gasteiger partial charge in [0.05, 0.1) is 11.3 Å². The Morgan fingerprint density at radius 1 is 1.15 bits per heavy atom. The van der Waals surface area contributed by atoms with Crippen molar-refractivity contribution in [3.63, 3.8) is 0 Å². The number of halogens is 1. The van der Waals surface area contributed by atoms with Gasteiger partial charge in [0.1, 0.15) is 5.82 Å². The number of fused-ring (bicyclic) bond motifs is 1. The molecule has 3 heteroatoms. The van der Waals surface area contributed by atoms with Crippen molar-refractivity contribution < 1.29 is 9.13 Å². The van der Waals surface area contributed by atoms with Crippen LogP contribution in [0, 0.1) is 23.6 Å². The van der Waals surface area contributed by atoms with Crippen LogP contribution in [0.1, 0.15) is 44.7 Å². The van der Waals surface area contributed by atoms with Crippen LogP contribution in [0.5, 0.6) is 0 Å². The van der Waals surface area contributed by atoms with E-state index in [0.29, 0.717) is 5.92 Å². The molecule has 142 valence electrons. The average molecular weight is 365 g/mol. The van der Waals surface area contributed by atoms with E-state index in [1.54, 1.807) is 6.07 Å². The van der Waals surface area contributed by atoms with Gasteiger partial charge < -0.3 is 4.74 Å². The third-order valence-corrected chi connectivity index (χ3v) is 6.69. The Morgan fingerprint density at radius 2 is 2.00 bits per heavy atom. The van der Waals surface area contributed by atoms with Gasteiger partial charge in [0.25, 0.3) is 0 Å². The van der Waals surface area contributed by atoms with Gasteiger partial charge in [-0.1, -0.05) is 43.5 Å². The highest BCUT2D eigenvalue weighted by molar-refractivity contribution is 5.63. The monoisotopic (exact) mass is 365 g/mol. The Kier molecular flexibility index (Phi) is 5.14. The first-order valence-electron chi connectivity index (χ1n) is 10.0. The van der Waals surface area contributed by atoms with E-state index >= 15 is 0 Å². The topological polar surface area (TPSA) is 22.1 Å². The molecule has 2 saturated carbocycles. The number of hydrogen-bond donors (Lipinski definition) is 0. The van der Waals surface area contributed by atoms with E-state index < -0.39 is 0 Å². The maximum atomic E-state index is 13.4. The molecule has 2 aromatic rings. The van der Waals surface area contributed by atoms with Crippen LogP contribution < -0.4 is 0 Å². The lowest BCUT2D eigenvalue weighted by Crippen LogP contribution is -2.33. The van der Waals surface area contributed by atoms with Gasteiger partial charge in [-0.3, -0.25) is 4.98 Å². The Hall–Kier alpha value is -2.00. The first kappa shape index (κ1) is 18.4. The molecule has 2 aliphatic carbocycles. The molecule has 2 aliphatic rings. The summed E-state index contributed by atoms with van der Waals surface area (Å²) in [5.74, 6) is 1.74. The van der Waals surface area contributed by atoms with E-state index in [0.717, 1.165) is 35.1 Å². The summed E-state index contributed by atoms with van der Waals surface area (Å²) in [6, 6.07) is 10.6. The van der Waals surface area contributed by atoms with Gasteiger partial charge in [0, 0.05) is 24.8 Å². The number of methoxy groups -OCH3 is 1. The molecule has 27 heavy (non-hydrogen) atoms. The summed E-state index contributed by atoms with van der Waals surface area (Å²) >= 11 is 0. The van der Waals surface area contributed by atoms with Gasteiger partial charge in [-0.15, -0.1) is 0 Å². The lowest BCUT2D eigenvalue weighted by molar-refractivity contribution is -0.0183. The number of aromatic nitrogens is 1. The zero-order valence-electron chi connectivity index (χ0n) is 16.2. The number of rotatable bonds is 4. The van der Waals surface area contributed by atoms with Crippen LogP contribution in [0.25, 0.3) is 17.2 Å². The summed E-state index contributed by atoms with van der Waals surface area (Å²) in [4.78, 5) is 4.57. The van der Waals surface area contributed by atoms with Crippen LogP contribution in [0.4, 0.5) is 4.39 Å². The molecule has 0 amide bonds. The van der Waals surface area contributed by atoms with Crippen molar-refractivity contribution in [2.24, 2.45) is 17.8 Å². The molecule has 2 fully saturated rings. The summed E-state index contributed by atoms with van der Waals surface area (Å²) in [5, 5.41) is 0. The van der Waals surface area contributed by atoms with Crippen molar-refractivity contribution >= 4 is 6.08 Å². The van der Waals surface area contributed by atoms with Crippen molar-refractivity contribution in [3.8, 4) is 11.1 Å². The Labute approximate surface area is 161 Å². The predicted octanol–water partition coefficient (Wildman–Crippen LogP) is 6.13. The Morgan fingerprint density at radius 3 is 2.74 bits per heavy atom. The number of ether oxygens (including phenoxy) is 1. The number of pyridine rings is 1. The standard InChI is InChI=1S/C24H28FNO/c1-24(27-2)15-18-6-3-4-9-22(18)23(24)13-12-21-11-10-19(16-26-21)17-7-5-8-20(25)14-17/h5,7-8,10-14,16,18,22-23H,3-4,6,9,15H2,1-2H3/t18-,22-,23+,24+/m1/s1. The second kappa shape index (κ2) is 7.55. The van der Waals surface area contributed by atoms with E-state index in [9.17, 15) is 4.39 Å². The highest BCUT2D eigenvalue weighted by Gasteiger charge is 2.50. The minimum atomic E-state index is -0.224.